The van der Waals surface area contributed by atoms with Crippen LogP contribution in [0.2, 0.25) is 0 Å². The summed E-state index contributed by atoms with van der Waals surface area (Å²) in [6.45, 7) is 2.12. The molecule has 0 amide bonds. The molecule has 1 aliphatic heterocycles. The van der Waals surface area contributed by atoms with Gasteiger partial charge in [0.2, 0.25) is 5.95 Å². The van der Waals surface area contributed by atoms with E-state index in [1.807, 2.05) is 63.5 Å². The van der Waals surface area contributed by atoms with Crippen LogP contribution >= 0.6 is 0 Å². The second-order valence-corrected chi connectivity index (χ2v) is 7.83. The Kier molecular flexibility index (Phi) is 6.25. The van der Waals surface area contributed by atoms with E-state index in [9.17, 15) is 5.11 Å². The number of β-amino-alcohol motifs (C(OH)–C–C–N with tert-alkyl or cyclic N) is 1. The molecule has 1 N–H and O–H groups in total. The van der Waals surface area contributed by atoms with Crippen LogP contribution in [0.25, 0.3) is 0 Å². The van der Waals surface area contributed by atoms with Crippen LogP contribution in [0.5, 0.6) is 0 Å². The molecule has 0 aromatic carbocycles. The van der Waals surface area contributed by atoms with Crippen molar-refractivity contribution in [2.75, 3.05) is 63.0 Å². The summed E-state index contributed by atoms with van der Waals surface area (Å²) in [6, 6.07) is 2.22. The van der Waals surface area contributed by atoms with Gasteiger partial charge in [-0.05, 0) is 20.5 Å². The number of anilines is 3. The van der Waals surface area contributed by atoms with Crippen LogP contribution in [0.3, 0.4) is 0 Å². The third-order valence-corrected chi connectivity index (χ3v) is 4.80. The van der Waals surface area contributed by atoms with Crippen LogP contribution in [0.1, 0.15) is 12.0 Å². The minimum absolute atomic E-state index is 0.241. The highest BCUT2D eigenvalue weighted by atomic mass is 16.3. The number of rotatable bonds is 7. The van der Waals surface area contributed by atoms with Crippen molar-refractivity contribution >= 4 is 17.6 Å². The van der Waals surface area contributed by atoms with Crippen LogP contribution in [0.4, 0.5) is 17.6 Å². The molecule has 0 saturated carbocycles. The Hall–Kier alpha value is -2.52. The van der Waals surface area contributed by atoms with Crippen molar-refractivity contribution < 1.29 is 5.11 Å². The van der Waals surface area contributed by atoms with Gasteiger partial charge in [0, 0.05) is 70.8 Å². The van der Waals surface area contributed by atoms with Gasteiger partial charge in [0.1, 0.15) is 18.0 Å². The first-order valence-corrected chi connectivity index (χ1v) is 9.44. The normalized spacial score (nSPS) is 19.3. The maximum Gasteiger partial charge on any atom is 0.224 e. The van der Waals surface area contributed by atoms with Crippen LogP contribution in [-0.4, -0.2) is 90.4 Å². The highest BCUT2D eigenvalue weighted by molar-refractivity contribution is 5.51. The maximum atomic E-state index is 10.1. The van der Waals surface area contributed by atoms with Crippen molar-refractivity contribution in [1.29, 1.82) is 0 Å². The molecule has 28 heavy (non-hydrogen) atoms. The molecule has 2 atom stereocenters. The second-order valence-electron chi connectivity index (χ2n) is 7.83. The van der Waals surface area contributed by atoms with Crippen LogP contribution < -0.4 is 14.7 Å². The molecule has 0 unspecified atom stereocenters. The molecule has 9 nitrogen and oxygen atoms in total. The van der Waals surface area contributed by atoms with E-state index in [1.165, 1.54) is 0 Å². The number of aromatic nitrogens is 4. The number of aliphatic hydroxyl groups excluding tert-OH is 1. The molecule has 0 aliphatic carbocycles. The summed E-state index contributed by atoms with van der Waals surface area (Å²) in [7, 11) is 9.92. The highest BCUT2D eigenvalue weighted by Gasteiger charge is 2.32. The van der Waals surface area contributed by atoms with E-state index in [0.29, 0.717) is 19.0 Å². The molecule has 2 aromatic rings. The molecular weight excluding hydrogens is 356 g/mol. The number of aliphatic hydroxyl groups is 1. The Morgan fingerprint density at radius 1 is 1.07 bits per heavy atom. The van der Waals surface area contributed by atoms with Crippen LogP contribution in [0.15, 0.2) is 24.8 Å². The zero-order chi connectivity index (χ0) is 20.3. The third-order valence-electron chi connectivity index (χ3n) is 4.80. The number of hydrogen-bond donors (Lipinski definition) is 1. The van der Waals surface area contributed by atoms with E-state index in [-0.39, 0.29) is 12.1 Å². The lowest BCUT2D eigenvalue weighted by molar-refractivity contribution is 0.191. The molecular formula is C19H30N8O. The molecule has 1 fully saturated rings. The van der Waals surface area contributed by atoms with Crippen molar-refractivity contribution in [3.63, 3.8) is 0 Å². The van der Waals surface area contributed by atoms with E-state index in [0.717, 1.165) is 30.2 Å². The lowest BCUT2D eigenvalue weighted by Crippen LogP contribution is -2.38. The molecule has 3 heterocycles. The zero-order valence-electron chi connectivity index (χ0n) is 17.3. The predicted molar refractivity (Wildman–Crippen MR) is 111 cm³/mol. The highest BCUT2D eigenvalue weighted by Crippen LogP contribution is 2.26. The number of hydrogen-bond acceptors (Lipinski definition) is 9. The maximum absolute atomic E-state index is 10.1. The molecule has 0 radical (unpaired) electrons. The summed E-state index contributed by atoms with van der Waals surface area (Å²) in [5.41, 5.74) is 1.01. The van der Waals surface area contributed by atoms with E-state index in [4.69, 9.17) is 0 Å². The van der Waals surface area contributed by atoms with E-state index >= 15 is 0 Å². The van der Waals surface area contributed by atoms with Gasteiger partial charge in [-0.3, -0.25) is 0 Å². The fourth-order valence-corrected chi connectivity index (χ4v) is 3.49. The van der Waals surface area contributed by atoms with Crippen molar-refractivity contribution in [3.05, 3.63) is 30.4 Å². The van der Waals surface area contributed by atoms with Gasteiger partial charge in [-0.25, -0.2) is 19.9 Å². The Balaban J connectivity index is 1.73. The molecule has 2 aromatic heterocycles. The predicted octanol–water partition coefficient (Wildman–Crippen LogP) is 0.470. The third kappa shape index (κ3) is 4.85. The minimum atomic E-state index is -0.326. The molecule has 0 bridgehead atoms. The summed E-state index contributed by atoms with van der Waals surface area (Å²) >= 11 is 0. The largest absolute Gasteiger partial charge is 0.391 e. The van der Waals surface area contributed by atoms with Gasteiger partial charge in [-0.1, -0.05) is 0 Å². The molecule has 152 valence electrons. The standard InChI is InChI=1S/C19H30N8O/c1-24(2)11-15-6-16(28)12-27(15)18-7-17(22-13-23-18)26(5)10-14-8-20-19(21-9-14)25(3)4/h7-9,13,15-16,28H,6,10-12H2,1-5H3/t15-,16-/m1/s1. The average Bonchev–Trinajstić information content (AvgIpc) is 3.01. The van der Waals surface area contributed by atoms with Gasteiger partial charge >= 0.3 is 0 Å². The summed E-state index contributed by atoms with van der Waals surface area (Å²) < 4.78 is 0. The Morgan fingerprint density at radius 2 is 1.79 bits per heavy atom. The summed E-state index contributed by atoms with van der Waals surface area (Å²) in [4.78, 5) is 25.9. The first kappa shape index (κ1) is 20.2. The van der Waals surface area contributed by atoms with Gasteiger partial charge in [0.15, 0.2) is 0 Å². The second kappa shape index (κ2) is 8.66. The quantitative estimate of drug-likeness (QED) is 0.730. The Labute approximate surface area is 166 Å². The van der Waals surface area contributed by atoms with Crippen molar-refractivity contribution in [2.45, 2.75) is 25.1 Å². The zero-order valence-corrected chi connectivity index (χ0v) is 17.3. The van der Waals surface area contributed by atoms with E-state index in [1.54, 1.807) is 6.33 Å². The van der Waals surface area contributed by atoms with Crippen molar-refractivity contribution in [1.82, 2.24) is 24.8 Å². The lowest BCUT2D eigenvalue weighted by atomic mass is 10.2. The van der Waals surface area contributed by atoms with Gasteiger partial charge < -0.3 is 24.7 Å². The lowest BCUT2D eigenvalue weighted by Gasteiger charge is -2.28. The topological polar surface area (TPSA) is 84.8 Å². The van der Waals surface area contributed by atoms with Gasteiger partial charge in [0.05, 0.1) is 6.10 Å². The summed E-state index contributed by atoms with van der Waals surface area (Å²) in [5, 5.41) is 10.1. The van der Waals surface area contributed by atoms with E-state index < -0.39 is 0 Å². The minimum Gasteiger partial charge on any atom is -0.391 e. The van der Waals surface area contributed by atoms with Gasteiger partial charge in [-0.2, -0.15) is 0 Å². The van der Waals surface area contributed by atoms with Crippen molar-refractivity contribution in [3.8, 4) is 0 Å². The Bertz CT molecular complexity index is 767. The SMILES string of the molecule is CN(C)C[C@H]1C[C@@H](O)CN1c1cc(N(C)Cc2cnc(N(C)C)nc2)ncn1. The number of likely N-dealkylation sites (N-methyl/N-ethyl adjacent to an activating group) is 1. The van der Waals surface area contributed by atoms with Gasteiger partial charge in [0.25, 0.3) is 0 Å². The first-order valence-electron chi connectivity index (χ1n) is 9.44. The van der Waals surface area contributed by atoms with E-state index in [2.05, 4.69) is 29.7 Å². The molecule has 3 rings (SSSR count). The molecule has 1 saturated heterocycles. The summed E-state index contributed by atoms with van der Waals surface area (Å²) in [5.74, 6) is 2.36. The molecule has 0 spiro atoms. The number of nitrogens with zero attached hydrogens (tertiary/aromatic N) is 8. The monoisotopic (exact) mass is 386 g/mol. The summed E-state index contributed by atoms with van der Waals surface area (Å²) in [6.07, 6.45) is 5.69. The van der Waals surface area contributed by atoms with Crippen LogP contribution in [-0.2, 0) is 6.54 Å². The fraction of sp³-hybridized carbons (Fsp3) is 0.579. The van der Waals surface area contributed by atoms with Crippen molar-refractivity contribution in [2.24, 2.45) is 0 Å². The average molecular weight is 387 g/mol. The first-order chi connectivity index (χ1) is 13.3. The molecule has 9 heteroatoms. The van der Waals surface area contributed by atoms with Crippen LogP contribution in [0, 0.1) is 0 Å². The Morgan fingerprint density at radius 3 is 2.43 bits per heavy atom. The van der Waals surface area contributed by atoms with Gasteiger partial charge in [-0.15, -0.1) is 0 Å². The smallest absolute Gasteiger partial charge is 0.224 e. The fourth-order valence-electron chi connectivity index (χ4n) is 3.49. The molecule has 1 aliphatic rings.